The Morgan fingerprint density at radius 3 is 2.45 bits per heavy atom. The summed E-state index contributed by atoms with van der Waals surface area (Å²) >= 11 is 0. The van der Waals surface area contributed by atoms with E-state index in [1.54, 1.807) is 23.4 Å². The molecule has 0 unspecified atom stereocenters. The highest BCUT2D eigenvalue weighted by Crippen LogP contribution is 2.26. The van der Waals surface area contributed by atoms with Gasteiger partial charge in [0.15, 0.2) is 5.82 Å². The van der Waals surface area contributed by atoms with Crippen molar-refractivity contribution < 1.29 is 37.0 Å². The summed E-state index contributed by atoms with van der Waals surface area (Å²) in [6.45, 7) is 3.10. The SMILES string of the molecule is O=C(O)C(F)(F)F.O=C(c1ccncc1F)N1CC[C@@H]2CN(c3ncccn3)CCO[C@@H]2C1. The van der Waals surface area contributed by atoms with Crippen LogP contribution in [0.25, 0.3) is 0 Å². The first-order chi connectivity index (χ1) is 15.7. The second kappa shape index (κ2) is 10.5. The van der Waals surface area contributed by atoms with Crippen molar-refractivity contribution >= 4 is 17.8 Å². The number of carboxylic acid groups (broad SMARTS) is 1. The summed E-state index contributed by atoms with van der Waals surface area (Å²) in [5, 5.41) is 7.12. The standard InChI is InChI=1S/C18H20FN5O2.C2HF3O2/c19-15-10-20-6-2-14(15)17(25)23-7-3-13-11-24(8-9-26-16(13)12-23)18-21-4-1-5-22-18;3-2(4,5)1(6)7/h1-2,4-6,10,13,16H,3,7-9,11-12H2;(H,6,7)/t13-,16-;/m1./s1. The number of nitrogens with zero attached hydrogens (tertiary/aromatic N) is 5. The van der Waals surface area contributed by atoms with Crippen molar-refractivity contribution in [1.29, 1.82) is 0 Å². The van der Waals surface area contributed by atoms with Crippen LogP contribution >= 0.6 is 0 Å². The van der Waals surface area contributed by atoms with Crippen molar-refractivity contribution in [2.75, 3.05) is 37.7 Å². The number of hydrogen-bond acceptors (Lipinski definition) is 7. The van der Waals surface area contributed by atoms with E-state index in [9.17, 15) is 22.4 Å². The Morgan fingerprint density at radius 2 is 1.82 bits per heavy atom. The number of aromatic nitrogens is 3. The number of anilines is 1. The number of carbonyl (C=O) groups is 2. The minimum absolute atomic E-state index is 0.0615. The maximum absolute atomic E-state index is 13.9. The fourth-order valence-electron chi connectivity index (χ4n) is 3.59. The average Bonchev–Trinajstić information content (AvgIpc) is 3.01. The molecule has 0 radical (unpaired) electrons. The van der Waals surface area contributed by atoms with Crippen molar-refractivity contribution in [1.82, 2.24) is 19.9 Å². The van der Waals surface area contributed by atoms with Gasteiger partial charge in [0.25, 0.3) is 5.91 Å². The molecule has 9 nitrogen and oxygen atoms in total. The molecule has 0 bridgehead atoms. The molecule has 1 amide bonds. The number of halogens is 4. The van der Waals surface area contributed by atoms with Crippen LogP contribution in [0.15, 0.2) is 36.9 Å². The van der Waals surface area contributed by atoms with Gasteiger partial charge in [-0.2, -0.15) is 13.2 Å². The summed E-state index contributed by atoms with van der Waals surface area (Å²) in [4.78, 5) is 37.7. The number of fused-ring (bicyclic) bond motifs is 1. The lowest BCUT2D eigenvalue weighted by Crippen LogP contribution is -2.49. The fraction of sp³-hybridized carbons (Fsp3) is 0.450. The quantitative estimate of drug-likeness (QED) is 0.663. The first-order valence-electron chi connectivity index (χ1n) is 9.99. The Morgan fingerprint density at radius 1 is 1.12 bits per heavy atom. The Balaban J connectivity index is 0.000000383. The van der Waals surface area contributed by atoms with Crippen molar-refractivity contribution in [2.24, 2.45) is 5.92 Å². The molecule has 0 aromatic carbocycles. The number of likely N-dealkylation sites (tertiary alicyclic amines) is 1. The van der Waals surface area contributed by atoms with Gasteiger partial charge in [0.05, 0.1) is 24.5 Å². The summed E-state index contributed by atoms with van der Waals surface area (Å²) < 4.78 is 51.6. The molecule has 0 aliphatic carbocycles. The minimum atomic E-state index is -5.08. The molecule has 2 atom stereocenters. The van der Waals surface area contributed by atoms with Crippen LogP contribution in [0.5, 0.6) is 0 Å². The van der Waals surface area contributed by atoms with Gasteiger partial charge in [-0.1, -0.05) is 0 Å². The van der Waals surface area contributed by atoms with E-state index in [2.05, 4.69) is 19.9 Å². The summed E-state index contributed by atoms with van der Waals surface area (Å²) in [6.07, 6.45) is 1.62. The maximum atomic E-state index is 13.9. The lowest BCUT2D eigenvalue weighted by Gasteiger charge is -2.38. The molecule has 2 fully saturated rings. The highest BCUT2D eigenvalue weighted by molar-refractivity contribution is 5.94. The van der Waals surface area contributed by atoms with E-state index in [-0.39, 0.29) is 23.5 Å². The molecular weight excluding hydrogens is 450 g/mol. The zero-order chi connectivity index (χ0) is 24.0. The van der Waals surface area contributed by atoms with Crippen molar-refractivity contribution in [3.8, 4) is 0 Å². The summed E-state index contributed by atoms with van der Waals surface area (Å²) in [7, 11) is 0. The summed E-state index contributed by atoms with van der Waals surface area (Å²) in [5.41, 5.74) is 0.0615. The molecule has 13 heteroatoms. The molecule has 178 valence electrons. The number of pyridine rings is 1. The number of amides is 1. The molecule has 2 aromatic rings. The largest absolute Gasteiger partial charge is 0.490 e. The Hall–Kier alpha value is -3.35. The monoisotopic (exact) mass is 471 g/mol. The zero-order valence-electron chi connectivity index (χ0n) is 17.3. The van der Waals surface area contributed by atoms with Gasteiger partial charge in [-0.25, -0.2) is 19.2 Å². The van der Waals surface area contributed by atoms with Crippen LogP contribution in [-0.4, -0.2) is 81.9 Å². The van der Waals surface area contributed by atoms with Gasteiger partial charge in [0.2, 0.25) is 5.95 Å². The van der Waals surface area contributed by atoms with Crippen LogP contribution in [0.3, 0.4) is 0 Å². The first-order valence-corrected chi connectivity index (χ1v) is 9.99. The molecule has 0 saturated carbocycles. The second-order valence-corrected chi connectivity index (χ2v) is 7.36. The van der Waals surface area contributed by atoms with E-state index >= 15 is 0 Å². The van der Waals surface area contributed by atoms with E-state index in [0.717, 1.165) is 19.2 Å². The predicted octanol–water partition coefficient (Wildman–Crippen LogP) is 2.01. The van der Waals surface area contributed by atoms with Crippen LogP contribution in [0.2, 0.25) is 0 Å². The topological polar surface area (TPSA) is 109 Å². The summed E-state index contributed by atoms with van der Waals surface area (Å²) in [6, 6.07) is 3.22. The van der Waals surface area contributed by atoms with E-state index in [4.69, 9.17) is 14.6 Å². The number of piperidine rings is 1. The zero-order valence-corrected chi connectivity index (χ0v) is 17.3. The average molecular weight is 471 g/mol. The lowest BCUT2D eigenvalue weighted by molar-refractivity contribution is -0.192. The minimum Gasteiger partial charge on any atom is -0.475 e. The van der Waals surface area contributed by atoms with Crippen LogP contribution in [0.4, 0.5) is 23.5 Å². The van der Waals surface area contributed by atoms with E-state index in [0.29, 0.717) is 32.2 Å². The van der Waals surface area contributed by atoms with Gasteiger partial charge in [0.1, 0.15) is 0 Å². The molecule has 33 heavy (non-hydrogen) atoms. The molecule has 0 spiro atoms. The number of carboxylic acids is 1. The third-order valence-electron chi connectivity index (χ3n) is 5.21. The Kier molecular flexibility index (Phi) is 7.74. The van der Waals surface area contributed by atoms with Crippen LogP contribution < -0.4 is 4.90 Å². The van der Waals surface area contributed by atoms with Crippen molar-refractivity contribution in [3.05, 3.63) is 48.3 Å². The van der Waals surface area contributed by atoms with Crippen LogP contribution in [0.1, 0.15) is 16.8 Å². The molecule has 2 aliphatic rings. The Labute approximate surface area is 186 Å². The van der Waals surface area contributed by atoms with Crippen molar-refractivity contribution in [2.45, 2.75) is 18.7 Å². The smallest absolute Gasteiger partial charge is 0.475 e. The first kappa shape index (κ1) is 24.3. The van der Waals surface area contributed by atoms with Gasteiger partial charge < -0.3 is 19.6 Å². The fourth-order valence-corrected chi connectivity index (χ4v) is 3.59. The summed E-state index contributed by atoms with van der Waals surface area (Å²) in [5.74, 6) is -2.66. The molecular formula is C20H21F4N5O4. The van der Waals surface area contributed by atoms with Crippen LogP contribution in [0, 0.1) is 11.7 Å². The van der Waals surface area contributed by atoms with Crippen molar-refractivity contribution in [3.63, 3.8) is 0 Å². The number of ether oxygens (including phenoxy) is 1. The molecule has 4 heterocycles. The third kappa shape index (κ3) is 6.34. The van der Waals surface area contributed by atoms with Gasteiger partial charge in [-0.3, -0.25) is 9.78 Å². The number of carbonyl (C=O) groups excluding carboxylic acids is 1. The van der Waals surface area contributed by atoms with E-state index in [1.165, 1.54) is 12.3 Å². The van der Waals surface area contributed by atoms with E-state index < -0.39 is 18.0 Å². The van der Waals surface area contributed by atoms with E-state index in [1.807, 2.05) is 0 Å². The third-order valence-corrected chi connectivity index (χ3v) is 5.21. The van der Waals surface area contributed by atoms with Gasteiger partial charge in [0, 0.05) is 50.7 Å². The maximum Gasteiger partial charge on any atom is 0.490 e. The van der Waals surface area contributed by atoms with Gasteiger partial charge in [-0.15, -0.1) is 0 Å². The molecule has 2 aliphatic heterocycles. The second-order valence-electron chi connectivity index (χ2n) is 7.36. The van der Waals surface area contributed by atoms with Crippen LogP contribution in [-0.2, 0) is 9.53 Å². The molecule has 2 aromatic heterocycles. The van der Waals surface area contributed by atoms with Gasteiger partial charge in [-0.05, 0) is 18.6 Å². The highest BCUT2D eigenvalue weighted by atomic mass is 19.4. The highest BCUT2D eigenvalue weighted by Gasteiger charge is 2.38. The number of hydrogen-bond donors (Lipinski definition) is 1. The molecule has 2 saturated heterocycles. The normalized spacial score (nSPS) is 20.7. The predicted molar refractivity (Wildman–Crippen MR) is 106 cm³/mol. The lowest BCUT2D eigenvalue weighted by atomic mass is 9.93. The number of alkyl halides is 3. The number of aliphatic carboxylic acids is 1. The van der Waals surface area contributed by atoms with Gasteiger partial charge >= 0.3 is 12.1 Å². The molecule has 4 rings (SSSR count). The number of rotatable bonds is 2. The Bertz CT molecular complexity index is 963. The molecule has 1 N–H and O–H groups in total.